The summed E-state index contributed by atoms with van der Waals surface area (Å²) in [5, 5.41) is 18.9. The number of hydrogen-bond donors (Lipinski definition) is 4. The molecule has 9 heteroatoms. The van der Waals surface area contributed by atoms with Gasteiger partial charge in [0, 0.05) is 38.2 Å². The zero-order valence-electron chi connectivity index (χ0n) is 16.1. The third kappa shape index (κ3) is 4.52. The van der Waals surface area contributed by atoms with Gasteiger partial charge < -0.3 is 20.7 Å². The average Bonchev–Trinajstić information content (AvgIpc) is 3.28. The molecule has 9 nitrogen and oxygen atoms in total. The molecule has 1 aromatic carbocycles. The van der Waals surface area contributed by atoms with Crippen molar-refractivity contribution in [1.29, 1.82) is 0 Å². The third-order valence-corrected chi connectivity index (χ3v) is 4.95. The topological polar surface area (TPSA) is 117 Å². The number of ether oxygens (including phenoxy) is 1. The van der Waals surface area contributed by atoms with Gasteiger partial charge in [0.25, 0.3) is 5.91 Å². The molecule has 1 aliphatic rings. The largest absolute Gasteiger partial charge is 0.387 e. The summed E-state index contributed by atoms with van der Waals surface area (Å²) in [7, 11) is 1.76. The van der Waals surface area contributed by atoms with E-state index in [1.165, 1.54) is 18.0 Å². The summed E-state index contributed by atoms with van der Waals surface area (Å²) in [5.41, 5.74) is 3.34. The first kappa shape index (κ1) is 18.9. The van der Waals surface area contributed by atoms with Crippen molar-refractivity contribution in [3.63, 3.8) is 0 Å². The molecule has 2 aromatic heterocycles. The molecule has 3 aromatic rings. The molecule has 1 amide bonds. The van der Waals surface area contributed by atoms with E-state index in [1.807, 2.05) is 0 Å². The summed E-state index contributed by atoms with van der Waals surface area (Å²) in [5.74, 6) is 1.24. The SMILES string of the molecule is CNc1cc(Nc2ccc(C3CCOCC3)cc2)ncc1C(=O)Nc1c[nH]nn1. The Morgan fingerprint density at radius 2 is 1.97 bits per heavy atom. The molecule has 0 aliphatic carbocycles. The molecule has 150 valence electrons. The van der Waals surface area contributed by atoms with Gasteiger partial charge in [0.05, 0.1) is 17.4 Å². The van der Waals surface area contributed by atoms with Crippen LogP contribution in [0.5, 0.6) is 0 Å². The molecular formula is C20H23N7O2. The molecule has 3 heterocycles. The number of aromatic amines is 1. The second-order valence-electron chi connectivity index (χ2n) is 6.81. The van der Waals surface area contributed by atoms with Crippen LogP contribution < -0.4 is 16.0 Å². The van der Waals surface area contributed by atoms with Gasteiger partial charge in [-0.05, 0) is 36.5 Å². The van der Waals surface area contributed by atoms with Crippen LogP contribution in [0.3, 0.4) is 0 Å². The van der Waals surface area contributed by atoms with Crippen molar-refractivity contribution < 1.29 is 9.53 Å². The maximum absolute atomic E-state index is 12.4. The van der Waals surface area contributed by atoms with Gasteiger partial charge in [0.15, 0.2) is 5.82 Å². The molecule has 29 heavy (non-hydrogen) atoms. The number of pyridine rings is 1. The number of aromatic nitrogens is 4. The van der Waals surface area contributed by atoms with E-state index in [0.29, 0.717) is 28.8 Å². The van der Waals surface area contributed by atoms with Gasteiger partial charge in [-0.1, -0.05) is 17.3 Å². The Bertz CT molecular complexity index is 951. The van der Waals surface area contributed by atoms with Crippen molar-refractivity contribution in [2.75, 3.05) is 36.2 Å². The lowest BCUT2D eigenvalue weighted by Crippen LogP contribution is -2.15. The van der Waals surface area contributed by atoms with Crippen LogP contribution in [0.4, 0.5) is 23.0 Å². The monoisotopic (exact) mass is 393 g/mol. The van der Waals surface area contributed by atoms with Crippen LogP contribution in [0, 0.1) is 0 Å². The standard InChI is InChI=1S/C20H23N7O2/c1-21-17-10-18(22-11-16(17)20(28)25-19-12-23-27-26-19)24-15-4-2-13(3-5-15)14-6-8-29-9-7-14/h2-5,10-12,14H,6-9H2,1H3,(H2,21,22,24)(H2,23,25,26,27,28). The Kier molecular flexibility index (Phi) is 5.66. The molecule has 0 saturated carbocycles. The van der Waals surface area contributed by atoms with Crippen LogP contribution in [0.15, 0.2) is 42.7 Å². The molecule has 4 rings (SSSR count). The minimum absolute atomic E-state index is 0.317. The lowest BCUT2D eigenvalue weighted by atomic mass is 9.92. The molecule has 1 saturated heterocycles. The van der Waals surface area contributed by atoms with Gasteiger partial charge in [-0.3, -0.25) is 9.89 Å². The summed E-state index contributed by atoms with van der Waals surface area (Å²) in [6.45, 7) is 1.66. The molecule has 0 radical (unpaired) electrons. The van der Waals surface area contributed by atoms with E-state index in [1.54, 1.807) is 13.1 Å². The summed E-state index contributed by atoms with van der Waals surface area (Å²) in [6.07, 6.45) is 5.17. The highest BCUT2D eigenvalue weighted by atomic mass is 16.5. The van der Waals surface area contributed by atoms with Crippen LogP contribution in [0.2, 0.25) is 0 Å². The Labute approximate surface area is 168 Å². The molecule has 1 aliphatic heterocycles. The number of H-pyrrole nitrogens is 1. The molecule has 1 fully saturated rings. The van der Waals surface area contributed by atoms with Crippen molar-refractivity contribution in [2.24, 2.45) is 0 Å². The molecule has 0 atom stereocenters. The van der Waals surface area contributed by atoms with E-state index in [0.717, 1.165) is 31.7 Å². The number of benzene rings is 1. The van der Waals surface area contributed by atoms with Crippen molar-refractivity contribution in [3.8, 4) is 0 Å². The van der Waals surface area contributed by atoms with Gasteiger partial charge in [-0.15, -0.1) is 5.10 Å². The van der Waals surface area contributed by atoms with Crippen LogP contribution in [-0.2, 0) is 4.74 Å². The van der Waals surface area contributed by atoms with E-state index in [2.05, 4.69) is 60.6 Å². The first-order valence-corrected chi connectivity index (χ1v) is 9.53. The normalized spacial score (nSPS) is 14.4. The van der Waals surface area contributed by atoms with Gasteiger partial charge in [-0.2, -0.15) is 0 Å². The average molecular weight is 393 g/mol. The highest BCUT2D eigenvalue weighted by molar-refractivity contribution is 6.07. The lowest BCUT2D eigenvalue weighted by Gasteiger charge is -2.22. The van der Waals surface area contributed by atoms with Crippen molar-refractivity contribution in [2.45, 2.75) is 18.8 Å². The number of carbonyl (C=O) groups is 1. The fourth-order valence-corrected chi connectivity index (χ4v) is 3.38. The smallest absolute Gasteiger partial charge is 0.260 e. The summed E-state index contributed by atoms with van der Waals surface area (Å²) in [4.78, 5) is 16.8. The first-order chi connectivity index (χ1) is 14.2. The fraction of sp³-hybridized carbons (Fsp3) is 0.300. The van der Waals surface area contributed by atoms with E-state index in [9.17, 15) is 4.79 Å². The van der Waals surface area contributed by atoms with E-state index in [-0.39, 0.29) is 5.91 Å². The second-order valence-corrected chi connectivity index (χ2v) is 6.81. The number of carbonyl (C=O) groups excluding carboxylic acids is 1. The second kappa shape index (κ2) is 8.70. The Morgan fingerprint density at radius 3 is 2.66 bits per heavy atom. The van der Waals surface area contributed by atoms with Crippen LogP contribution in [0.1, 0.15) is 34.7 Å². The van der Waals surface area contributed by atoms with Gasteiger partial charge >= 0.3 is 0 Å². The number of hydrogen-bond acceptors (Lipinski definition) is 7. The predicted molar refractivity (Wildman–Crippen MR) is 111 cm³/mol. The number of rotatable bonds is 6. The summed E-state index contributed by atoms with van der Waals surface area (Å²) >= 11 is 0. The summed E-state index contributed by atoms with van der Waals surface area (Å²) in [6, 6.07) is 10.2. The van der Waals surface area contributed by atoms with Gasteiger partial charge in [-0.25, -0.2) is 4.98 Å². The van der Waals surface area contributed by atoms with E-state index in [4.69, 9.17) is 4.74 Å². The molecule has 4 N–H and O–H groups in total. The van der Waals surface area contributed by atoms with E-state index < -0.39 is 0 Å². The van der Waals surface area contributed by atoms with Crippen LogP contribution in [-0.4, -0.2) is 46.6 Å². The highest BCUT2D eigenvalue weighted by Crippen LogP contribution is 2.28. The lowest BCUT2D eigenvalue weighted by molar-refractivity contribution is 0.0853. The van der Waals surface area contributed by atoms with Crippen molar-refractivity contribution in [1.82, 2.24) is 20.4 Å². The van der Waals surface area contributed by atoms with Crippen LogP contribution >= 0.6 is 0 Å². The Balaban J connectivity index is 1.45. The number of amides is 1. The quantitative estimate of drug-likeness (QED) is 0.508. The summed E-state index contributed by atoms with van der Waals surface area (Å²) < 4.78 is 5.44. The predicted octanol–water partition coefficient (Wildman–Crippen LogP) is 3.13. The number of nitrogens with zero attached hydrogens (tertiary/aromatic N) is 3. The maximum atomic E-state index is 12.4. The minimum atomic E-state index is -0.317. The Hall–Kier alpha value is -3.46. The zero-order chi connectivity index (χ0) is 20.1. The molecule has 0 unspecified atom stereocenters. The minimum Gasteiger partial charge on any atom is -0.387 e. The van der Waals surface area contributed by atoms with Crippen LogP contribution in [0.25, 0.3) is 0 Å². The van der Waals surface area contributed by atoms with Crippen molar-refractivity contribution in [3.05, 3.63) is 53.9 Å². The highest BCUT2D eigenvalue weighted by Gasteiger charge is 2.16. The third-order valence-electron chi connectivity index (χ3n) is 4.95. The zero-order valence-corrected chi connectivity index (χ0v) is 16.1. The molecule has 0 spiro atoms. The molecular weight excluding hydrogens is 370 g/mol. The number of nitrogens with one attached hydrogen (secondary N) is 4. The van der Waals surface area contributed by atoms with Gasteiger partial charge in [0.2, 0.25) is 0 Å². The fourth-order valence-electron chi connectivity index (χ4n) is 3.38. The van der Waals surface area contributed by atoms with Gasteiger partial charge in [0.1, 0.15) is 5.82 Å². The molecule has 0 bridgehead atoms. The first-order valence-electron chi connectivity index (χ1n) is 9.53. The number of anilines is 4. The van der Waals surface area contributed by atoms with E-state index >= 15 is 0 Å². The Morgan fingerprint density at radius 1 is 1.17 bits per heavy atom. The maximum Gasteiger partial charge on any atom is 0.260 e. The van der Waals surface area contributed by atoms with Crippen molar-refractivity contribution >= 4 is 28.9 Å².